The summed E-state index contributed by atoms with van der Waals surface area (Å²) in [5.74, 6) is 0.832. The van der Waals surface area contributed by atoms with Crippen molar-refractivity contribution in [1.29, 1.82) is 5.26 Å². The highest BCUT2D eigenvalue weighted by atomic mass is 15.1. The van der Waals surface area contributed by atoms with Gasteiger partial charge in [-0.3, -0.25) is 4.57 Å². The van der Waals surface area contributed by atoms with Crippen LogP contribution in [0.1, 0.15) is 5.56 Å². The highest BCUT2D eigenvalue weighted by molar-refractivity contribution is 6.21. The molecule has 1 aromatic heterocycles. The second-order valence-corrected chi connectivity index (χ2v) is 13.5. The molecule has 0 spiro atoms. The fraction of sp³-hybridized carbons (Fsp3) is 0. The van der Waals surface area contributed by atoms with Gasteiger partial charge in [0.05, 0.1) is 22.7 Å². The minimum Gasteiger partial charge on any atom is -0.292 e. The van der Waals surface area contributed by atoms with Gasteiger partial charge >= 0.3 is 0 Å². The highest BCUT2D eigenvalue weighted by Crippen LogP contribution is 2.44. The summed E-state index contributed by atoms with van der Waals surface area (Å²) in [6, 6.07) is 68.8. The van der Waals surface area contributed by atoms with E-state index in [2.05, 4.69) is 174 Å². The average Bonchev–Trinajstić information content (AvgIpc) is 3.62. The standard InChI is InChI=1S/C50H31N3/c51-32-33-18-29-47-46(30-33)52-50(38-22-19-36(20-23-38)34-10-2-1-3-11-34)53(47)41-27-25-37(26-28-41)48-42-14-6-8-16-44(42)49(45-17-9-7-15-43(45)48)40-24-21-35-12-4-5-13-39(35)31-40/h1-31H. The zero-order valence-corrected chi connectivity index (χ0v) is 28.7. The lowest BCUT2D eigenvalue weighted by molar-refractivity contribution is 1.10. The molecule has 0 aliphatic heterocycles. The molecule has 0 atom stereocenters. The van der Waals surface area contributed by atoms with Crippen molar-refractivity contribution in [3.63, 3.8) is 0 Å². The molecule has 0 aliphatic carbocycles. The van der Waals surface area contributed by atoms with Crippen molar-refractivity contribution < 1.29 is 0 Å². The van der Waals surface area contributed by atoms with Crippen LogP contribution in [0.15, 0.2) is 188 Å². The Morgan fingerprint density at radius 3 is 1.60 bits per heavy atom. The lowest BCUT2D eigenvalue weighted by Crippen LogP contribution is -1.98. The molecule has 0 fully saturated rings. The molecule has 10 aromatic rings. The summed E-state index contributed by atoms with van der Waals surface area (Å²) in [7, 11) is 0. The number of fused-ring (bicyclic) bond motifs is 4. The second-order valence-electron chi connectivity index (χ2n) is 13.5. The van der Waals surface area contributed by atoms with E-state index in [4.69, 9.17) is 4.98 Å². The van der Waals surface area contributed by atoms with Gasteiger partial charge in [0.1, 0.15) is 5.82 Å². The molecule has 9 aromatic carbocycles. The number of benzene rings is 9. The van der Waals surface area contributed by atoms with Gasteiger partial charge in [-0.05, 0) is 102 Å². The number of aromatic nitrogens is 2. The molecule has 0 radical (unpaired) electrons. The third-order valence-electron chi connectivity index (χ3n) is 10.4. The topological polar surface area (TPSA) is 41.6 Å². The minimum absolute atomic E-state index is 0.592. The Labute approximate surface area is 307 Å². The van der Waals surface area contributed by atoms with E-state index in [0.717, 1.165) is 39.2 Å². The van der Waals surface area contributed by atoms with Crippen molar-refractivity contribution in [2.45, 2.75) is 0 Å². The fourth-order valence-electron chi connectivity index (χ4n) is 7.92. The van der Waals surface area contributed by atoms with Gasteiger partial charge in [0.2, 0.25) is 0 Å². The van der Waals surface area contributed by atoms with Gasteiger partial charge in [0.15, 0.2) is 0 Å². The van der Waals surface area contributed by atoms with Crippen LogP contribution in [0.2, 0.25) is 0 Å². The molecule has 53 heavy (non-hydrogen) atoms. The Hall–Kier alpha value is -7.28. The Balaban J connectivity index is 1.13. The van der Waals surface area contributed by atoms with Gasteiger partial charge in [0, 0.05) is 11.3 Å². The minimum atomic E-state index is 0.592. The van der Waals surface area contributed by atoms with Gasteiger partial charge in [-0.2, -0.15) is 5.26 Å². The van der Waals surface area contributed by atoms with E-state index >= 15 is 0 Å². The van der Waals surface area contributed by atoms with Crippen LogP contribution in [-0.2, 0) is 0 Å². The second kappa shape index (κ2) is 12.5. The Morgan fingerprint density at radius 2 is 0.943 bits per heavy atom. The number of nitrogens with zero attached hydrogens (tertiary/aromatic N) is 3. The molecule has 0 amide bonds. The highest BCUT2D eigenvalue weighted by Gasteiger charge is 2.19. The van der Waals surface area contributed by atoms with E-state index in [9.17, 15) is 5.26 Å². The third-order valence-corrected chi connectivity index (χ3v) is 10.4. The molecule has 0 saturated heterocycles. The number of nitriles is 1. The van der Waals surface area contributed by atoms with Crippen molar-refractivity contribution in [3.8, 4) is 56.5 Å². The van der Waals surface area contributed by atoms with Crippen molar-refractivity contribution in [1.82, 2.24) is 9.55 Å². The first-order valence-electron chi connectivity index (χ1n) is 17.9. The molecule has 0 unspecified atom stereocenters. The maximum atomic E-state index is 9.67. The number of imidazole rings is 1. The number of hydrogen-bond acceptors (Lipinski definition) is 2. The van der Waals surface area contributed by atoms with Crippen molar-refractivity contribution >= 4 is 43.4 Å². The van der Waals surface area contributed by atoms with Crippen LogP contribution in [0.5, 0.6) is 0 Å². The van der Waals surface area contributed by atoms with Crippen LogP contribution in [-0.4, -0.2) is 9.55 Å². The van der Waals surface area contributed by atoms with Gasteiger partial charge in [-0.1, -0.05) is 152 Å². The average molecular weight is 674 g/mol. The summed E-state index contributed by atoms with van der Waals surface area (Å²) in [5, 5.41) is 17.1. The Kier molecular flexibility index (Phi) is 7.20. The zero-order chi connectivity index (χ0) is 35.3. The largest absolute Gasteiger partial charge is 0.292 e. The molecular formula is C50H31N3. The smallest absolute Gasteiger partial charge is 0.145 e. The maximum Gasteiger partial charge on any atom is 0.145 e. The normalized spacial score (nSPS) is 11.4. The molecule has 3 heteroatoms. The fourth-order valence-corrected chi connectivity index (χ4v) is 7.92. The van der Waals surface area contributed by atoms with Crippen LogP contribution in [0.25, 0.3) is 93.8 Å². The summed E-state index contributed by atoms with van der Waals surface area (Å²) in [4.78, 5) is 5.10. The molecule has 246 valence electrons. The first kappa shape index (κ1) is 30.5. The van der Waals surface area contributed by atoms with E-state index < -0.39 is 0 Å². The quantitative estimate of drug-likeness (QED) is 0.171. The monoisotopic (exact) mass is 673 g/mol. The first-order chi connectivity index (χ1) is 26.2. The maximum absolute atomic E-state index is 9.67. The lowest BCUT2D eigenvalue weighted by atomic mass is 9.85. The van der Waals surface area contributed by atoms with Crippen LogP contribution in [0.3, 0.4) is 0 Å². The van der Waals surface area contributed by atoms with Crippen LogP contribution < -0.4 is 0 Å². The Morgan fingerprint density at radius 1 is 0.415 bits per heavy atom. The van der Waals surface area contributed by atoms with Crippen molar-refractivity contribution in [3.05, 3.63) is 194 Å². The van der Waals surface area contributed by atoms with Gasteiger partial charge in [-0.15, -0.1) is 0 Å². The summed E-state index contributed by atoms with van der Waals surface area (Å²) < 4.78 is 2.21. The molecule has 10 rings (SSSR count). The van der Waals surface area contributed by atoms with Gasteiger partial charge in [0.25, 0.3) is 0 Å². The lowest BCUT2D eigenvalue weighted by Gasteiger charge is -2.18. The number of rotatable bonds is 5. The van der Waals surface area contributed by atoms with E-state index in [1.165, 1.54) is 54.6 Å². The number of hydrogen-bond donors (Lipinski definition) is 0. The van der Waals surface area contributed by atoms with E-state index in [-0.39, 0.29) is 0 Å². The first-order valence-corrected chi connectivity index (χ1v) is 17.9. The van der Waals surface area contributed by atoms with Crippen LogP contribution in [0.4, 0.5) is 0 Å². The zero-order valence-electron chi connectivity index (χ0n) is 28.7. The molecular weight excluding hydrogens is 643 g/mol. The SMILES string of the molecule is N#Cc1ccc2c(c1)nc(-c1ccc(-c3ccccc3)cc1)n2-c1ccc(-c2c3ccccc3c(-c3ccc4ccccc4c3)c3ccccc23)cc1. The predicted octanol–water partition coefficient (Wildman–Crippen LogP) is 13.0. The summed E-state index contributed by atoms with van der Waals surface area (Å²) in [6.07, 6.45) is 0. The van der Waals surface area contributed by atoms with Gasteiger partial charge < -0.3 is 0 Å². The van der Waals surface area contributed by atoms with E-state index in [1.807, 2.05) is 24.3 Å². The van der Waals surface area contributed by atoms with Crippen LogP contribution >= 0.6 is 0 Å². The van der Waals surface area contributed by atoms with Crippen molar-refractivity contribution in [2.75, 3.05) is 0 Å². The van der Waals surface area contributed by atoms with Crippen molar-refractivity contribution in [2.24, 2.45) is 0 Å². The molecule has 3 nitrogen and oxygen atoms in total. The molecule has 0 bridgehead atoms. The Bertz CT molecular complexity index is 2980. The molecule has 0 aliphatic rings. The summed E-state index contributed by atoms with van der Waals surface area (Å²) in [6.45, 7) is 0. The van der Waals surface area contributed by atoms with Crippen LogP contribution in [0, 0.1) is 11.3 Å². The molecule has 1 heterocycles. The van der Waals surface area contributed by atoms with E-state index in [1.54, 1.807) is 0 Å². The van der Waals surface area contributed by atoms with E-state index in [0.29, 0.717) is 5.56 Å². The predicted molar refractivity (Wildman–Crippen MR) is 220 cm³/mol. The van der Waals surface area contributed by atoms with Gasteiger partial charge in [-0.25, -0.2) is 4.98 Å². The summed E-state index contributed by atoms with van der Waals surface area (Å²) >= 11 is 0. The third kappa shape index (κ3) is 5.16. The molecule has 0 N–H and O–H groups in total. The molecule has 0 saturated carbocycles. The summed E-state index contributed by atoms with van der Waals surface area (Å²) in [5.41, 5.74) is 11.5.